The van der Waals surface area contributed by atoms with Gasteiger partial charge in [-0.1, -0.05) is 17.7 Å². The van der Waals surface area contributed by atoms with Crippen molar-refractivity contribution in [3.63, 3.8) is 0 Å². The molecule has 1 amide bonds. The van der Waals surface area contributed by atoms with Crippen molar-refractivity contribution in [1.29, 1.82) is 0 Å². The van der Waals surface area contributed by atoms with Crippen molar-refractivity contribution in [1.82, 2.24) is 5.32 Å². The van der Waals surface area contributed by atoms with Crippen molar-refractivity contribution in [2.75, 3.05) is 18.9 Å². The third-order valence-electron chi connectivity index (χ3n) is 3.34. The van der Waals surface area contributed by atoms with Gasteiger partial charge < -0.3 is 10.4 Å². The minimum atomic E-state index is -0.00974. The van der Waals surface area contributed by atoms with Crippen LogP contribution in [-0.4, -0.2) is 29.9 Å². The Morgan fingerprint density at radius 3 is 2.61 bits per heavy atom. The van der Waals surface area contributed by atoms with Gasteiger partial charge in [0, 0.05) is 16.9 Å². The average molecular weight is 265 g/mol. The third kappa shape index (κ3) is 3.75. The number of hydrogen-bond donors (Lipinski definition) is 2. The minimum Gasteiger partial charge on any atom is -0.396 e. The lowest BCUT2D eigenvalue weighted by atomic mass is 10.1. The van der Waals surface area contributed by atoms with Gasteiger partial charge in [0.25, 0.3) is 0 Å². The van der Waals surface area contributed by atoms with Crippen LogP contribution in [0.25, 0.3) is 0 Å². The number of carbonyl (C=O) groups is 1. The Kier molecular flexibility index (Phi) is 4.30. The van der Waals surface area contributed by atoms with Gasteiger partial charge >= 0.3 is 0 Å². The maximum atomic E-state index is 11.7. The minimum absolute atomic E-state index is 0.00974. The first-order valence-corrected chi connectivity index (χ1v) is 7.19. The van der Waals surface area contributed by atoms with Crippen LogP contribution >= 0.6 is 11.8 Å². The van der Waals surface area contributed by atoms with Crippen LogP contribution in [0.4, 0.5) is 0 Å². The number of nitrogens with one attached hydrogen (secondary N) is 1. The molecule has 0 aliphatic heterocycles. The van der Waals surface area contributed by atoms with Crippen LogP contribution in [0, 0.1) is 12.3 Å². The summed E-state index contributed by atoms with van der Waals surface area (Å²) < 4.78 is 0. The molecule has 2 rings (SSSR count). The first-order chi connectivity index (χ1) is 8.63. The summed E-state index contributed by atoms with van der Waals surface area (Å²) in [6.07, 6.45) is 2.05. The van der Waals surface area contributed by atoms with Crippen LogP contribution in [0.15, 0.2) is 29.2 Å². The number of thioether (sulfide) groups is 1. The molecule has 98 valence electrons. The highest BCUT2D eigenvalue weighted by molar-refractivity contribution is 8.00. The first kappa shape index (κ1) is 13.4. The van der Waals surface area contributed by atoms with Gasteiger partial charge in [0.2, 0.25) is 5.91 Å². The molecule has 1 aromatic carbocycles. The van der Waals surface area contributed by atoms with E-state index in [2.05, 4.69) is 5.32 Å². The molecule has 0 heterocycles. The molecule has 2 N–H and O–H groups in total. The van der Waals surface area contributed by atoms with E-state index < -0.39 is 0 Å². The molecule has 0 aromatic heterocycles. The molecule has 0 atom stereocenters. The Labute approximate surface area is 112 Å². The molecule has 1 aromatic rings. The first-order valence-electron chi connectivity index (χ1n) is 6.21. The highest BCUT2D eigenvalue weighted by Gasteiger charge is 2.41. The molecule has 1 fully saturated rings. The van der Waals surface area contributed by atoms with Gasteiger partial charge in [-0.15, -0.1) is 11.8 Å². The second-order valence-corrected chi connectivity index (χ2v) is 6.09. The van der Waals surface area contributed by atoms with E-state index in [-0.39, 0.29) is 17.9 Å². The Bertz CT molecular complexity index is 412. The summed E-state index contributed by atoms with van der Waals surface area (Å²) in [5.41, 5.74) is 1.21. The SMILES string of the molecule is Cc1ccc(SCC(=O)NCC2(CO)CC2)cc1. The van der Waals surface area contributed by atoms with Crippen molar-refractivity contribution in [3.8, 4) is 0 Å². The molecule has 0 radical (unpaired) electrons. The van der Waals surface area contributed by atoms with Crippen molar-refractivity contribution in [3.05, 3.63) is 29.8 Å². The van der Waals surface area contributed by atoms with Crippen molar-refractivity contribution in [2.45, 2.75) is 24.7 Å². The van der Waals surface area contributed by atoms with Crippen LogP contribution in [0.5, 0.6) is 0 Å². The second-order valence-electron chi connectivity index (χ2n) is 5.04. The predicted octanol–water partition coefficient (Wildman–Crippen LogP) is 1.98. The number of hydrogen-bond acceptors (Lipinski definition) is 3. The zero-order valence-corrected chi connectivity index (χ0v) is 11.4. The van der Waals surface area contributed by atoms with Crippen molar-refractivity contribution in [2.24, 2.45) is 5.41 Å². The van der Waals surface area contributed by atoms with E-state index in [4.69, 9.17) is 5.11 Å². The van der Waals surface area contributed by atoms with E-state index in [1.807, 2.05) is 31.2 Å². The normalized spacial score (nSPS) is 16.3. The molecule has 4 heteroatoms. The smallest absolute Gasteiger partial charge is 0.230 e. The van der Waals surface area contributed by atoms with Gasteiger partial charge in [0.15, 0.2) is 0 Å². The molecule has 0 spiro atoms. The molecule has 0 saturated heterocycles. The topological polar surface area (TPSA) is 49.3 Å². The lowest BCUT2D eigenvalue weighted by Crippen LogP contribution is -2.32. The van der Waals surface area contributed by atoms with Gasteiger partial charge in [-0.2, -0.15) is 0 Å². The summed E-state index contributed by atoms with van der Waals surface area (Å²) in [5, 5.41) is 12.0. The summed E-state index contributed by atoms with van der Waals surface area (Å²) in [6.45, 7) is 2.83. The lowest BCUT2D eigenvalue weighted by Gasteiger charge is -2.12. The zero-order chi connectivity index (χ0) is 13.0. The fraction of sp³-hybridized carbons (Fsp3) is 0.500. The molecule has 1 aliphatic carbocycles. The van der Waals surface area contributed by atoms with E-state index in [9.17, 15) is 4.79 Å². The van der Waals surface area contributed by atoms with Gasteiger partial charge in [0.05, 0.1) is 12.4 Å². The Hall–Kier alpha value is -1.00. The summed E-state index contributed by atoms with van der Waals surface area (Å²) in [4.78, 5) is 12.8. The number of aliphatic hydroxyl groups excluding tert-OH is 1. The molecule has 0 unspecified atom stereocenters. The second kappa shape index (κ2) is 5.76. The van der Waals surface area contributed by atoms with Crippen LogP contribution in [0.1, 0.15) is 18.4 Å². The summed E-state index contributed by atoms with van der Waals surface area (Å²) in [5.74, 6) is 0.477. The fourth-order valence-electron chi connectivity index (χ4n) is 1.69. The number of benzene rings is 1. The standard InChI is InChI=1S/C14H19NO2S/c1-11-2-4-12(5-3-11)18-8-13(17)15-9-14(10-16)6-7-14/h2-5,16H,6-10H2,1H3,(H,15,17). The zero-order valence-electron chi connectivity index (χ0n) is 10.6. The summed E-state index contributed by atoms with van der Waals surface area (Å²) in [6, 6.07) is 8.16. The number of rotatable bonds is 6. The predicted molar refractivity (Wildman–Crippen MR) is 73.7 cm³/mol. The van der Waals surface area contributed by atoms with Crippen molar-refractivity contribution < 1.29 is 9.90 Å². The maximum absolute atomic E-state index is 11.7. The van der Waals surface area contributed by atoms with Gasteiger partial charge in [-0.3, -0.25) is 4.79 Å². The monoisotopic (exact) mass is 265 g/mol. The van der Waals surface area contributed by atoms with E-state index in [0.29, 0.717) is 12.3 Å². The molecular weight excluding hydrogens is 246 g/mol. The molecule has 1 saturated carbocycles. The number of aliphatic hydroxyl groups is 1. The molecule has 0 bridgehead atoms. The van der Waals surface area contributed by atoms with Gasteiger partial charge in [-0.05, 0) is 31.9 Å². The fourth-order valence-corrected chi connectivity index (χ4v) is 2.42. The Balaban J connectivity index is 1.70. The summed E-state index contributed by atoms with van der Waals surface area (Å²) in [7, 11) is 0. The molecular formula is C14H19NO2S. The molecule has 1 aliphatic rings. The number of amides is 1. The quantitative estimate of drug-likeness (QED) is 0.773. The van der Waals surface area contributed by atoms with Crippen LogP contribution in [-0.2, 0) is 4.79 Å². The highest BCUT2D eigenvalue weighted by atomic mass is 32.2. The molecule has 18 heavy (non-hydrogen) atoms. The van der Waals surface area contributed by atoms with E-state index in [1.165, 1.54) is 5.56 Å². The number of aryl methyl sites for hydroxylation is 1. The Morgan fingerprint density at radius 2 is 2.06 bits per heavy atom. The summed E-state index contributed by atoms with van der Waals surface area (Å²) >= 11 is 1.54. The van der Waals surface area contributed by atoms with Crippen molar-refractivity contribution >= 4 is 17.7 Å². The van der Waals surface area contributed by atoms with E-state index in [1.54, 1.807) is 11.8 Å². The van der Waals surface area contributed by atoms with E-state index in [0.717, 1.165) is 17.7 Å². The lowest BCUT2D eigenvalue weighted by molar-refractivity contribution is -0.118. The third-order valence-corrected chi connectivity index (χ3v) is 4.36. The van der Waals surface area contributed by atoms with Gasteiger partial charge in [-0.25, -0.2) is 0 Å². The highest BCUT2D eigenvalue weighted by Crippen LogP contribution is 2.44. The number of carbonyl (C=O) groups excluding carboxylic acids is 1. The van der Waals surface area contributed by atoms with Crippen LogP contribution in [0.3, 0.4) is 0 Å². The van der Waals surface area contributed by atoms with Crippen LogP contribution < -0.4 is 5.32 Å². The molecule has 3 nitrogen and oxygen atoms in total. The largest absolute Gasteiger partial charge is 0.396 e. The maximum Gasteiger partial charge on any atom is 0.230 e. The van der Waals surface area contributed by atoms with E-state index >= 15 is 0 Å². The van der Waals surface area contributed by atoms with Crippen LogP contribution in [0.2, 0.25) is 0 Å². The average Bonchev–Trinajstić information content (AvgIpc) is 3.16. The Morgan fingerprint density at radius 1 is 1.39 bits per heavy atom. The van der Waals surface area contributed by atoms with Gasteiger partial charge in [0.1, 0.15) is 0 Å².